The highest BCUT2D eigenvalue weighted by molar-refractivity contribution is 8.00. The van der Waals surface area contributed by atoms with E-state index in [1.807, 2.05) is 36.1 Å². The van der Waals surface area contributed by atoms with Crippen molar-refractivity contribution >= 4 is 29.3 Å². The Labute approximate surface area is 136 Å². The standard InChI is InChI=1S/C17H24N2O2S/c1-13-6-8-15(9-7-13)18-16(20)11-22-12-17(21)19-10-4-3-5-14(19)2/h6-9,14H,3-5,10-12H2,1-2H3,(H,18,20)/t14-/m0/s1. The Hall–Kier alpha value is -1.49. The summed E-state index contributed by atoms with van der Waals surface area (Å²) in [5, 5.41) is 2.85. The summed E-state index contributed by atoms with van der Waals surface area (Å²) in [5.41, 5.74) is 1.96. The minimum absolute atomic E-state index is 0.0617. The van der Waals surface area contributed by atoms with Crippen LogP contribution in [0.3, 0.4) is 0 Å². The molecule has 1 aliphatic heterocycles. The maximum absolute atomic E-state index is 12.2. The van der Waals surface area contributed by atoms with Crippen LogP contribution in [-0.2, 0) is 9.59 Å². The number of aryl methyl sites for hydroxylation is 1. The topological polar surface area (TPSA) is 49.4 Å². The van der Waals surface area contributed by atoms with Crippen LogP contribution in [0.1, 0.15) is 31.7 Å². The highest BCUT2D eigenvalue weighted by Crippen LogP contribution is 2.18. The average Bonchev–Trinajstić information content (AvgIpc) is 2.50. The molecule has 0 bridgehead atoms. The smallest absolute Gasteiger partial charge is 0.234 e. The minimum atomic E-state index is -0.0617. The third-order valence-corrected chi connectivity index (χ3v) is 4.83. The van der Waals surface area contributed by atoms with Crippen molar-refractivity contribution in [3.63, 3.8) is 0 Å². The zero-order valence-electron chi connectivity index (χ0n) is 13.3. The van der Waals surface area contributed by atoms with Gasteiger partial charge in [-0.1, -0.05) is 17.7 Å². The van der Waals surface area contributed by atoms with Crippen molar-refractivity contribution in [2.45, 2.75) is 39.2 Å². The Morgan fingerprint density at radius 2 is 1.95 bits per heavy atom. The molecule has 1 heterocycles. The molecule has 0 unspecified atom stereocenters. The van der Waals surface area contributed by atoms with Gasteiger partial charge in [0.1, 0.15) is 0 Å². The SMILES string of the molecule is Cc1ccc(NC(=O)CSCC(=O)N2CCCC[C@@H]2C)cc1. The Balaban J connectivity index is 1.70. The monoisotopic (exact) mass is 320 g/mol. The molecule has 5 heteroatoms. The van der Waals surface area contributed by atoms with E-state index in [0.717, 1.165) is 30.6 Å². The first-order valence-electron chi connectivity index (χ1n) is 7.80. The number of benzene rings is 1. The molecule has 0 spiro atoms. The molecule has 1 fully saturated rings. The molecule has 2 amide bonds. The van der Waals surface area contributed by atoms with Crippen molar-refractivity contribution in [1.82, 2.24) is 4.90 Å². The first-order valence-corrected chi connectivity index (χ1v) is 8.95. The third kappa shape index (κ3) is 5.05. The van der Waals surface area contributed by atoms with E-state index in [2.05, 4.69) is 12.2 Å². The number of rotatable bonds is 5. The Morgan fingerprint density at radius 3 is 2.64 bits per heavy atom. The second-order valence-corrected chi connectivity index (χ2v) is 6.82. The van der Waals surface area contributed by atoms with Crippen LogP contribution in [0.25, 0.3) is 0 Å². The first-order chi connectivity index (χ1) is 10.6. The number of likely N-dealkylation sites (tertiary alicyclic amines) is 1. The van der Waals surface area contributed by atoms with E-state index >= 15 is 0 Å². The quantitative estimate of drug-likeness (QED) is 0.907. The van der Waals surface area contributed by atoms with Crippen LogP contribution in [0.4, 0.5) is 5.69 Å². The third-order valence-electron chi connectivity index (χ3n) is 3.92. The molecule has 2 rings (SSSR count). The van der Waals surface area contributed by atoms with E-state index in [-0.39, 0.29) is 11.8 Å². The molecule has 0 aromatic heterocycles. The fraction of sp³-hybridized carbons (Fsp3) is 0.529. The second kappa shape index (κ2) is 8.22. The number of hydrogen-bond donors (Lipinski definition) is 1. The lowest BCUT2D eigenvalue weighted by molar-refractivity contribution is -0.131. The van der Waals surface area contributed by atoms with Gasteiger partial charge in [-0.05, 0) is 45.2 Å². The number of carbonyl (C=O) groups excluding carboxylic acids is 2. The molecule has 0 saturated carbocycles. The molecule has 0 aliphatic carbocycles. The van der Waals surface area contributed by atoms with Gasteiger partial charge < -0.3 is 10.2 Å². The molecule has 1 aromatic carbocycles. The molecule has 22 heavy (non-hydrogen) atoms. The molecule has 1 aliphatic rings. The van der Waals surface area contributed by atoms with E-state index in [0.29, 0.717) is 17.5 Å². The fourth-order valence-electron chi connectivity index (χ4n) is 2.62. The molecule has 0 radical (unpaired) electrons. The molecule has 1 atom stereocenters. The normalized spacial score (nSPS) is 18.1. The lowest BCUT2D eigenvalue weighted by Crippen LogP contribution is -2.43. The largest absolute Gasteiger partial charge is 0.339 e. The summed E-state index contributed by atoms with van der Waals surface area (Å²) in [5.74, 6) is 0.779. The molecule has 1 N–H and O–H groups in total. The van der Waals surface area contributed by atoms with Gasteiger partial charge in [0.2, 0.25) is 11.8 Å². The molecular weight excluding hydrogens is 296 g/mol. The van der Waals surface area contributed by atoms with E-state index in [1.54, 1.807) is 0 Å². The van der Waals surface area contributed by atoms with Gasteiger partial charge in [0.05, 0.1) is 11.5 Å². The van der Waals surface area contributed by atoms with E-state index in [4.69, 9.17) is 0 Å². The first kappa shape index (κ1) is 16.9. The Bertz CT molecular complexity index is 516. The molecule has 1 aromatic rings. The van der Waals surface area contributed by atoms with Gasteiger partial charge in [0.15, 0.2) is 0 Å². The maximum atomic E-state index is 12.2. The van der Waals surface area contributed by atoms with Gasteiger partial charge in [0.25, 0.3) is 0 Å². The highest BCUT2D eigenvalue weighted by atomic mass is 32.2. The minimum Gasteiger partial charge on any atom is -0.339 e. The summed E-state index contributed by atoms with van der Waals surface area (Å²) in [6.45, 7) is 4.97. The van der Waals surface area contributed by atoms with E-state index in [1.165, 1.54) is 18.2 Å². The van der Waals surface area contributed by atoms with E-state index in [9.17, 15) is 9.59 Å². The number of thioether (sulfide) groups is 1. The van der Waals surface area contributed by atoms with Gasteiger partial charge in [-0.15, -0.1) is 11.8 Å². The van der Waals surface area contributed by atoms with Gasteiger partial charge in [-0.2, -0.15) is 0 Å². The molecule has 1 saturated heterocycles. The Kier molecular flexibility index (Phi) is 6.31. The fourth-order valence-corrected chi connectivity index (χ4v) is 3.32. The summed E-state index contributed by atoms with van der Waals surface area (Å²) in [7, 11) is 0. The summed E-state index contributed by atoms with van der Waals surface area (Å²) in [6, 6.07) is 8.04. The van der Waals surface area contributed by atoms with Crippen LogP contribution < -0.4 is 5.32 Å². The van der Waals surface area contributed by atoms with Gasteiger partial charge in [-0.3, -0.25) is 9.59 Å². The van der Waals surface area contributed by atoms with Gasteiger partial charge >= 0.3 is 0 Å². The zero-order valence-corrected chi connectivity index (χ0v) is 14.1. The number of nitrogens with one attached hydrogen (secondary N) is 1. The number of carbonyl (C=O) groups is 2. The average molecular weight is 320 g/mol. The maximum Gasteiger partial charge on any atom is 0.234 e. The van der Waals surface area contributed by atoms with Gasteiger partial charge in [-0.25, -0.2) is 0 Å². The number of anilines is 1. The van der Waals surface area contributed by atoms with Crippen LogP contribution in [0, 0.1) is 6.92 Å². The molecule has 120 valence electrons. The number of nitrogens with zero attached hydrogens (tertiary/aromatic N) is 1. The molecular formula is C17H24N2O2S. The lowest BCUT2D eigenvalue weighted by atomic mass is 10.0. The van der Waals surface area contributed by atoms with Crippen molar-refractivity contribution in [2.75, 3.05) is 23.4 Å². The number of piperidine rings is 1. The van der Waals surface area contributed by atoms with Crippen LogP contribution in [0.5, 0.6) is 0 Å². The predicted molar refractivity (Wildman–Crippen MR) is 92.2 cm³/mol. The predicted octanol–water partition coefficient (Wildman–Crippen LogP) is 3.07. The van der Waals surface area contributed by atoms with Crippen molar-refractivity contribution in [1.29, 1.82) is 0 Å². The summed E-state index contributed by atoms with van der Waals surface area (Å²) >= 11 is 1.38. The van der Waals surface area contributed by atoms with Crippen LogP contribution in [0.2, 0.25) is 0 Å². The van der Waals surface area contributed by atoms with Crippen LogP contribution in [0.15, 0.2) is 24.3 Å². The van der Waals surface area contributed by atoms with Crippen molar-refractivity contribution < 1.29 is 9.59 Å². The zero-order chi connectivity index (χ0) is 15.9. The van der Waals surface area contributed by atoms with Crippen LogP contribution >= 0.6 is 11.8 Å². The van der Waals surface area contributed by atoms with Crippen LogP contribution in [-0.4, -0.2) is 40.8 Å². The second-order valence-electron chi connectivity index (χ2n) is 5.84. The van der Waals surface area contributed by atoms with E-state index < -0.39 is 0 Å². The number of hydrogen-bond acceptors (Lipinski definition) is 3. The number of amides is 2. The van der Waals surface area contributed by atoms with Gasteiger partial charge in [0, 0.05) is 18.3 Å². The summed E-state index contributed by atoms with van der Waals surface area (Å²) in [6.07, 6.45) is 3.38. The highest BCUT2D eigenvalue weighted by Gasteiger charge is 2.22. The van der Waals surface area contributed by atoms with Crippen molar-refractivity contribution in [3.05, 3.63) is 29.8 Å². The summed E-state index contributed by atoms with van der Waals surface area (Å²) < 4.78 is 0. The molecule has 4 nitrogen and oxygen atoms in total. The lowest BCUT2D eigenvalue weighted by Gasteiger charge is -2.33. The van der Waals surface area contributed by atoms with Crippen molar-refractivity contribution in [3.8, 4) is 0 Å². The Morgan fingerprint density at radius 1 is 1.23 bits per heavy atom. The van der Waals surface area contributed by atoms with Crippen molar-refractivity contribution in [2.24, 2.45) is 0 Å². The summed E-state index contributed by atoms with van der Waals surface area (Å²) in [4.78, 5) is 26.0.